The van der Waals surface area contributed by atoms with E-state index in [0.717, 1.165) is 36.1 Å². The highest BCUT2D eigenvalue weighted by molar-refractivity contribution is 7.90. The standard InChI is InChI=1S/C30H26F3N3O4S/c1-41(39,40)27-10-6-5-9-25(27)21-11-15-23(16-12-21)34-28(37)26(19-20-7-3-2-4-8-20)36-29(38)35-24-17-13-22(14-18-24)30(31,32)33/h2-18,26H,19H2,1H3,(H,34,37)(H2,35,36,38)/t26-/m1/s1. The Morgan fingerprint density at radius 1 is 0.756 bits per heavy atom. The van der Waals surface area contributed by atoms with Gasteiger partial charge in [0.05, 0.1) is 10.5 Å². The molecule has 11 heteroatoms. The third kappa shape index (κ3) is 7.95. The minimum Gasteiger partial charge on any atom is -0.326 e. The number of anilines is 2. The van der Waals surface area contributed by atoms with Crippen molar-refractivity contribution < 1.29 is 31.2 Å². The van der Waals surface area contributed by atoms with Crippen LogP contribution in [0, 0.1) is 0 Å². The molecule has 0 bridgehead atoms. The highest BCUT2D eigenvalue weighted by Gasteiger charge is 2.30. The highest BCUT2D eigenvalue weighted by atomic mass is 32.2. The second-order valence-corrected chi connectivity index (χ2v) is 11.2. The molecule has 0 unspecified atom stereocenters. The van der Waals surface area contributed by atoms with Gasteiger partial charge in [-0.15, -0.1) is 0 Å². The van der Waals surface area contributed by atoms with Gasteiger partial charge in [-0.25, -0.2) is 13.2 Å². The fourth-order valence-electron chi connectivity index (χ4n) is 4.12. The van der Waals surface area contributed by atoms with E-state index in [9.17, 15) is 31.2 Å². The number of alkyl halides is 3. The molecule has 7 nitrogen and oxygen atoms in total. The summed E-state index contributed by atoms with van der Waals surface area (Å²) < 4.78 is 62.9. The predicted octanol–water partition coefficient (Wildman–Crippen LogP) is 6.15. The monoisotopic (exact) mass is 581 g/mol. The lowest BCUT2D eigenvalue weighted by Gasteiger charge is -2.19. The molecule has 4 aromatic carbocycles. The number of amides is 3. The lowest BCUT2D eigenvalue weighted by Crippen LogP contribution is -2.46. The lowest BCUT2D eigenvalue weighted by molar-refractivity contribution is -0.137. The number of carbonyl (C=O) groups excluding carboxylic acids is 2. The predicted molar refractivity (Wildman–Crippen MR) is 151 cm³/mol. The second-order valence-electron chi connectivity index (χ2n) is 9.25. The van der Waals surface area contributed by atoms with Gasteiger partial charge in [-0.2, -0.15) is 13.2 Å². The maximum Gasteiger partial charge on any atom is 0.416 e. The molecule has 0 saturated heterocycles. The van der Waals surface area contributed by atoms with Crippen molar-refractivity contribution in [3.05, 3.63) is 114 Å². The van der Waals surface area contributed by atoms with Crippen LogP contribution in [0.4, 0.5) is 29.3 Å². The topological polar surface area (TPSA) is 104 Å². The second kappa shape index (κ2) is 12.3. The van der Waals surface area contributed by atoms with Crippen molar-refractivity contribution in [2.45, 2.75) is 23.5 Å². The summed E-state index contributed by atoms with van der Waals surface area (Å²) in [6, 6.07) is 24.3. The van der Waals surface area contributed by atoms with Crippen molar-refractivity contribution >= 4 is 33.2 Å². The molecule has 3 N–H and O–H groups in total. The molecule has 4 rings (SSSR count). The van der Waals surface area contributed by atoms with Crippen molar-refractivity contribution in [3.8, 4) is 11.1 Å². The zero-order valence-corrected chi connectivity index (χ0v) is 22.6. The lowest BCUT2D eigenvalue weighted by atomic mass is 10.0. The molecule has 4 aromatic rings. The van der Waals surface area contributed by atoms with Crippen LogP contribution in [-0.4, -0.2) is 32.7 Å². The maximum atomic E-state index is 13.2. The Morgan fingerprint density at radius 3 is 1.93 bits per heavy atom. The van der Waals surface area contributed by atoms with Crippen LogP contribution in [0.5, 0.6) is 0 Å². The smallest absolute Gasteiger partial charge is 0.326 e. The van der Waals surface area contributed by atoms with Gasteiger partial charge in [-0.1, -0.05) is 60.7 Å². The molecular weight excluding hydrogens is 555 g/mol. The Labute approximate surface area is 235 Å². The number of hydrogen-bond acceptors (Lipinski definition) is 4. The van der Waals surface area contributed by atoms with E-state index in [1.165, 1.54) is 6.07 Å². The molecule has 0 saturated carbocycles. The molecule has 0 spiro atoms. The Morgan fingerprint density at radius 2 is 1.32 bits per heavy atom. The van der Waals surface area contributed by atoms with E-state index in [4.69, 9.17) is 0 Å². The largest absolute Gasteiger partial charge is 0.416 e. The highest BCUT2D eigenvalue weighted by Crippen LogP contribution is 2.30. The van der Waals surface area contributed by atoms with E-state index in [-0.39, 0.29) is 17.0 Å². The van der Waals surface area contributed by atoms with E-state index < -0.39 is 39.6 Å². The summed E-state index contributed by atoms with van der Waals surface area (Å²) in [5.41, 5.74) is 1.62. The average Bonchev–Trinajstić information content (AvgIpc) is 2.93. The number of hydrogen-bond donors (Lipinski definition) is 3. The molecule has 1 atom stereocenters. The Bertz CT molecular complexity index is 1620. The third-order valence-electron chi connectivity index (χ3n) is 6.12. The zero-order chi connectivity index (χ0) is 29.6. The SMILES string of the molecule is CS(=O)(=O)c1ccccc1-c1ccc(NC(=O)[C@@H](Cc2ccccc2)NC(=O)Nc2ccc(C(F)(F)F)cc2)cc1. The summed E-state index contributed by atoms with van der Waals surface area (Å²) >= 11 is 0. The minimum absolute atomic E-state index is 0.124. The van der Waals surface area contributed by atoms with Gasteiger partial charge >= 0.3 is 12.2 Å². The van der Waals surface area contributed by atoms with Crippen molar-refractivity contribution in [1.82, 2.24) is 5.32 Å². The molecule has 3 amide bonds. The van der Waals surface area contributed by atoms with Gasteiger partial charge < -0.3 is 16.0 Å². The quantitative estimate of drug-likeness (QED) is 0.232. The molecular formula is C30H26F3N3O4S. The first-order chi connectivity index (χ1) is 19.4. The van der Waals surface area contributed by atoms with Crippen LogP contribution in [0.25, 0.3) is 11.1 Å². The van der Waals surface area contributed by atoms with Crippen molar-refractivity contribution in [2.75, 3.05) is 16.9 Å². The van der Waals surface area contributed by atoms with E-state index in [0.29, 0.717) is 16.8 Å². The maximum absolute atomic E-state index is 13.2. The summed E-state index contributed by atoms with van der Waals surface area (Å²) in [6.45, 7) is 0. The fraction of sp³-hybridized carbons (Fsp3) is 0.133. The van der Waals surface area contributed by atoms with Crippen molar-refractivity contribution in [1.29, 1.82) is 0 Å². The summed E-state index contributed by atoms with van der Waals surface area (Å²) in [4.78, 5) is 26.1. The van der Waals surface area contributed by atoms with Crippen LogP contribution in [0.15, 0.2) is 108 Å². The van der Waals surface area contributed by atoms with Crippen LogP contribution in [0.1, 0.15) is 11.1 Å². The molecule has 0 radical (unpaired) electrons. The number of sulfone groups is 1. The van der Waals surface area contributed by atoms with Crippen LogP contribution >= 0.6 is 0 Å². The normalized spacial score (nSPS) is 12.3. The number of benzene rings is 4. The van der Waals surface area contributed by atoms with Gasteiger partial charge in [-0.3, -0.25) is 4.79 Å². The summed E-state index contributed by atoms with van der Waals surface area (Å²) in [7, 11) is -3.46. The van der Waals surface area contributed by atoms with Crippen LogP contribution in [-0.2, 0) is 27.2 Å². The molecule has 0 aliphatic rings. The number of rotatable bonds is 8. The van der Waals surface area contributed by atoms with E-state index in [1.807, 2.05) is 6.07 Å². The van der Waals surface area contributed by atoms with Gasteiger partial charge in [0.1, 0.15) is 6.04 Å². The Balaban J connectivity index is 1.49. The first kappa shape index (κ1) is 29.3. The van der Waals surface area contributed by atoms with Gasteiger partial charge in [0.25, 0.3) is 0 Å². The number of nitrogens with one attached hydrogen (secondary N) is 3. The first-order valence-electron chi connectivity index (χ1n) is 12.4. The van der Waals surface area contributed by atoms with E-state index in [2.05, 4.69) is 16.0 Å². The van der Waals surface area contributed by atoms with Crippen molar-refractivity contribution in [3.63, 3.8) is 0 Å². The van der Waals surface area contributed by atoms with Gasteiger partial charge in [0.15, 0.2) is 9.84 Å². The van der Waals surface area contributed by atoms with Gasteiger partial charge in [0, 0.05) is 29.6 Å². The van der Waals surface area contributed by atoms with Gasteiger partial charge in [0.2, 0.25) is 5.91 Å². The summed E-state index contributed by atoms with van der Waals surface area (Å²) in [5.74, 6) is -0.527. The molecule has 0 fully saturated rings. The third-order valence-corrected chi connectivity index (χ3v) is 7.28. The fourth-order valence-corrected chi connectivity index (χ4v) is 5.03. The molecule has 0 aliphatic carbocycles. The average molecular weight is 582 g/mol. The summed E-state index contributed by atoms with van der Waals surface area (Å²) in [6.07, 6.45) is -3.23. The van der Waals surface area contributed by atoms with Gasteiger partial charge in [-0.05, 0) is 53.6 Å². The van der Waals surface area contributed by atoms with E-state index in [1.54, 1.807) is 66.7 Å². The van der Waals surface area contributed by atoms with Crippen LogP contribution < -0.4 is 16.0 Å². The summed E-state index contributed by atoms with van der Waals surface area (Å²) in [5, 5.41) is 7.80. The first-order valence-corrected chi connectivity index (χ1v) is 14.3. The van der Waals surface area contributed by atoms with Crippen LogP contribution in [0.2, 0.25) is 0 Å². The minimum atomic E-state index is -4.51. The molecule has 0 aliphatic heterocycles. The molecule has 212 valence electrons. The van der Waals surface area contributed by atoms with Crippen LogP contribution in [0.3, 0.4) is 0 Å². The number of carbonyl (C=O) groups is 2. The molecule has 41 heavy (non-hydrogen) atoms. The van der Waals surface area contributed by atoms with E-state index >= 15 is 0 Å². The van der Waals surface area contributed by atoms with Crippen molar-refractivity contribution in [2.24, 2.45) is 0 Å². The molecule has 0 aromatic heterocycles. The molecule has 0 heterocycles. The number of halogens is 3. The number of urea groups is 1. The Hall–Kier alpha value is -4.64. The Kier molecular flexibility index (Phi) is 8.77. The zero-order valence-electron chi connectivity index (χ0n) is 21.8.